The van der Waals surface area contributed by atoms with Crippen LogP contribution in [0.3, 0.4) is 0 Å². The van der Waals surface area contributed by atoms with Gasteiger partial charge < -0.3 is 24.3 Å². The molecule has 1 aliphatic rings. The molecule has 0 bridgehead atoms. The van der Waals surface area contributed by atoms with Gasteiger partial charge in [-0.05, 0) is 50.1 Å². The van der Waals surface area contributed by atoms with Gasteiger partial charge in [-0.2, -0.15) is 0 Å². The summed E-state index contributed by atoms with van der Waals surface area (Å²) in [5.41, 5.74) is -0.294. The molecule has 1 aromatic heterocycles. The average Bonchev–Trinajstić information content (AvgIpc) is 3.25. The highest BCUT2D eigenvalue weighted by atomic mass is 16.5. The summed E-state index contributed by atoms with van der Waals surface area (Å²) in [6.45, 7) is 6.71. The highest BCUT2D eigenvalue weighted by molar-refractivity contribution is 6.06. The average molecular weight is 414 g/mol. The van der Waals surface area contributed by atoms with E-state index in [1.165, 1.54) is 7.11 Å². The molecular weight excluding hydrogens is 388 g/mol. The molecular formula is C22H26N2O6. The Bertz CT molecular complexity index is 953. The summed E-state index contributed by atoms with van der Waals surface area (Å²) in [5, 5.41) is 13.0. The number of nitrogens with one attached hydrogen (secondary N) is 1. The molecule has 0 saturated carbocycles. The fourth-order valence-electron chi connectivity index (χ4n) is 3.31. The molecule has 1 saturated heterocycles. The first-order valence-corrected chi connectivity index (χ1v) is 9.58. The van der Waals surface area contributed by atoms with Crippen molar-refractivity contribution in [3.05, 3.63) is 60.1 Å². The number of aliphatic hydroxyl groups excluding tert-OH is 1. The van der Waals surface area contributed by atoms with Gasteiger partial charge in [0, 0.05) is 0 Å². The van der Waals surface area contributed by atoms with Crippen molar-refractivity contribution < 1.29 is 28.6 Å². The number of rotatable bonds is 9. The maximum atomic E-state index is 12.9. The van der Waals surface area contributed by atoms with Crippen LogP contribution in [0.1, 0.15) is 24.0 Å². The van der Waals surface area contributed by atoms with Crippen LogP contribution in [-0.2, 0) is 16.8 Å². The fourth-order valence-corrected chi connectivity index (χ4v) is 3.31. The minimum Gasteiger partial charge on any atom is -0.493 e. The van der Waals surface area contributed by atoms with Gasteiger partial charge in [0.05, 0.1) is 13.7 Å². The first kappa shape index (κ1) is 21.4. The van der Waals surface area contributed by atoms with Gasteiger partial charge in [-0.15, -0.1) is 6.58 Å². The minimum absolute atomic E-state index is 0.120. The van der Waals surface area contributed by atoms with Crippen molar-refractivity contribution in [2.75, 3.05) is 20.3 Å². The van der Waals surface area contributed by atoms with E-state index in [0.29, 0.717) is 29.4 Å². The zero-order valence-electron chi connectivity index (χ0n) is 17.3. The number of imide groups is 1. The summed E-state index contributed by atoms with van der Waals surface area (Å²) in [7, 11) is 1.53. The van der Waals surface area contributed by atoms with Crippen LogP contribution in [0, 0.1) is 6.92 Å². The maximum Gasteiger partial charge on any atom is 0.325 e. The van der Waals surface area contributed by atoms with Gasteiger partial charge in [-0.3, -0.25) is 9.69 Å². The number of hydrogen-bond acceptors (Lipinski definition) is 6. The van der Waals surface area contributed by atoms with E-state index in [1.54, 1.807) is 38.1 Å². The Hall–Kier alpha value is -3.26. The second-order valence-electron chi connectivity index (χ2n) is 7.32. The Morgan fingerprint density at radius 3 is 2.70 bits per heavy atom. The van der Waals surface area contributed by atoms with Crippen LogP contribution in [-0.4, -0.2) is 48.3 Å². The van der Waals surface area contributed by atoms with E-state index in [9.17, 15) is 14.7 Å². The number of allylic oxidation sites excluding steroid dienone is 1. The smallest absolute Gasteiger partial charge is 0.325 e. The number of β-amino-alcohol motifs (C(OH)–C–C–N with tert-alkyl or cyclic N) is 1. The van der Waals surface area contributed by atoms with E-state index < -0.39 is 23.6 Å². The molecule has 0 spiro atoms. The number of ether oxygens (including phenoxy) is 2. The highest BCUT2D eigenvalue weighted by Crippen LogP contribution is 2.31. The Labute approximate surface area is 175 Å². The zero-order chi connectivity index (χ0) is 21.9. The molecule has 2 N–H and O–H groups in total. The summed E-state index contributed by atoms with van der Waals surface area (Å²) >= 11 is 0. The number of amides is 3. The molecule has 1 aromatic carbocycles. The third-order valence-electron chi connectivity index (χ3n) is 4.94. The molecule has 1 aliphatic heterocycles. The lowest BCUT2D eigenvalue weighted by atomic mass is 9.99. The molecule has 2 atom stereocenters. The lowest BCUT2D eigenvalue weighted by Crippen LogP contribution is -2.42. The van der Waals surface area contributed by atoms with Crippen LogP contribution in [0.15, 0.2) is 47.4 Å². The molecule has 0 radical (unpaired) electrons. The molecule has 8 heteroatoms. The number of urea groups is 1. The number of benzene rings is 1. The Balaban J connectivity index is 1.64. The summed E-state index contributed by atoms with van der Waals surface area (Å²) in [6.07, 6.45) is 1.40. The lowest BCUT2D eigenvalue weighted by Gasteiger charge is -2.21. The van der Waals surface area contributed by atoms with Crippen LogP contribution in [0.25, 0.3) is 0 Å². The number of hydrogen-bond donors (Lipinski definition) is 2. The minimum atomic E-state index is -1.31. The van der Waals surface area contributed by atoms with Crippen molar-refractivity contribution >= 4 is 11.9 Å². The van der Waals surface area contributed by atoms with Gasteiger partial charge in [0.25, 0.3) is 5.91 Å². The monoisotopic (exact) mass is 414 g/mol. The highest BCUT2D eigenvalue weighted by Gasteiger charge is 2.51. The Kier molecular flexibility index (Phi) is 6.17. The quantitative estimate of drug-likeness (QED) is 0.483. The number of aryl methyl sites for hydroxylation is 1. The van der Waals surface area contributed by atoms with E-state index in [1.807, 2.05) is 12.1 Å². The molecule has 2 aromatic rings. The van der Waals surface area contributed by atoms with E-state index in [4.69, 9.17) is 13.9 Å². The van der Waals surface area contributed by atoms with Crippen molar-refractivity contribution in [2.45, 2.75) is 31.9 Å². The molecule has 30 heavy (non-hydrogen) atoms. The molecule has 3 amide bonds. The van der Waals surface area contributed by atoms with Crippen LogP contribution in [0.5, 0.6) is 11.5 Å². The number of carbonyl (C=O) groups is 2. The Morgan fingerprint density at radius 2 is 2.07 bits per heavy atom. The molecule has 2 unspecified atom stereocenters. The molecule has 8 nitrogen and oxygen atoms in total. The number of furan rings is 1. The van der Waals surface area contributed by atoms with Crippen molar-refractivity contribution in [3.8, 4) is 11.5 Å². The summed E-state index contributed by atoms with van der Waals surface area (Å²) in [5.74, 6) is 1.46. The zero-order valence-corrected chi connectivity index (χ0v) is 17.3. The number of methoxy groups -OCH3 is 1. The van der Waals surface area contributed by atoms with E-state index in [0.717, 1.165) is 10.5 Å². The maximum absolute atomic E-state index is 12.9. The second kappa shape index (κ2) is 8.62. The first-order valence-electron chi connectivity index (χ1n) is 9.58. The number of nitrogens with zero attached hydrogens (tertiary/aromatic N) is 1. The standard InChI is InChI=1S/C22H26N2O6/c1-5-6-15-8-9-17(18(11-15)28-4)29-13-16(25)12-24-20(26)22(3,23-21(24)27)19-10-7-14(2)30-19/h5,7-11,16,25H,1,6,12-13H2,2-4H3,(H,23,27). The number of aliphatic hydroxyl groups is 1. The van der Waals surface area contributed by atoms with Gasteiger partial charge >= 0.3 is 6.03 Å². The topological polar surface area (TPSA) is 101 Å². The predicted molar refractivity (Wildman–Crippen MR) is 109 cm³/mol. The lowest BCUT2D eigenvalue weighted by molar-refractivity contribution is -0.132. The third kappa shape index (κ3) is 4.18. The van der Waals surface area contributed by atoms with Gasteiger partial charge in [-0.1, -0.05) is 12.1 Å². The third-order valence-corrected chi connectivity index (χ3v) is 4.94. The van der Waals surface area contributed by atoms with Crippen molar-refractivity contribution in [2.24, 2.45) is 0 Å². The van der Waals surface area contributed by atoms with E-state index >= 15 is 0 Å². The molecule has 160 valence electrons. The summed E-state index contributed by atoms with van der Waals surface area (Å²) in [6, 6.07) is 8.23. The normalized spacial score (nSPS) is 19.5. The first-order chi connectivity index (χ1) is 14.3. The predicted octanol–water partition coefficient (Wildman–Crippen LogP) is 2.53. The summed E-state index contributed by atoms with van der Waals surface area (Å²) in [4.78, 5) is 26.2. The molecule has 0 aliphatic carbocycles. The summed E-state index contributed by atoms with van der Waals surface area (Å²) < 4.78 is 16.5. The van der Waals surface area contributed by atoms with Crippen LogP contribution >= 0.6 is 0 Å². The molecule has 1 fully saturated rings. The second-order valence-corrected chi connectivity index (χ2v) is 7.32. The van der Waals surface area contributed by atoms with Crippen LogP contribution < -0.4 is 14.8 Å². The van der Waals surface area contributed by atoms with E-state index in [2.05, 4.69) is 11.9 Å². The van der Waals surface area contributed by atoms with Crippen molar-refractivity contribution in [1.29, 1.82) is 0 Å². The number of carbonyl (C=O) groups excluding carboxylic acids is 2. The van der Waals surface area contributed by atoms with Gasteiger partial charge in [-0.25, -0.2) is 4.79 Å². The van der Waals surface area contributed by atoms with Crippen LogP contribution in [0.4, 0.5) is 4.79 Å². The van der Waals surface area contributed by atoms with Gasteiger partial charge in [0.15, 0.2) is 17.0 Å². The van der Waals surface area contributed by atoms with Crippen LogP contribution in [0.2, 0.25) is 0 Å². The van der Waals surface area contributed by atoms with Crippen molar-refractivity contribution in [3.63, 3.8) is 0 Å². The van der Waals surface area contributed by atoms with Gasteiger partial charge in [0.2, 0.25) is 0 Å². The largest absolute Gasteiger partial charge is 0.493 e. The SMILES string of the molecule is C=CCc1ccc(OCC(O)CN2C(=O)NC(C)(c3ccc(C)o3)C2=O)c(OC)c1. The van der Waals surface area contributed by atoms with Crippen molar-refractivity contribution in [1.82, 2.24) is 10.2 Å². The Morgan fingerprint density at radius 1 is 1.30 bits per heavy atom. The fraction of sp³-hybridized carbons (Fsp3) is 0.364. The molecule has 3 rings (SSSR count). The molecule has 2 heterocycles. The van der Waals surface area contributed by atoms with E-state index in [-0.39, 0.29) is 13.2 Å². The van der Waals surface area contributed by atoms with Gasteiger partial charge in [0.1, 0.15) is 24.2 Å².